The maximum absolute atomic E-state index is 13.3. The fraction of sp³-hybridized carbons (Fsp3) is 0.0690. The number of aromatic hydroxyl groups is 1. The number of phenols is 1. The Bertz CT molecular complexity index is 1560. The van der Waals surface area contributed by atoms with Gasteiger partial charge in [0.05, 0.1) is 6.07 Å². The lowest BCUT2D eigenvalue weighted by molar-refractivity contribution is 0.235. The first-order chi connectivity index (χ1) is 17.5. The van der Waals surface area contributed by atoms with Crippen molar-refractivity contribution in [1.82, 2.24) is 0 Å². The molecule has 5 rings (SSSR count). The number of hydrogen-bond donors (Lipinski definition) is 1. The molecule has 4 aromatic carbocycles. The molecule has 0 bridgehead atoms. The smallest absolute Gasteiger partial charge is 0.289 e. The minimum absolute atomic E-state index is 0.0450. The fourth-order valence-electron chi connectivity index (χ4n) is 3.78. The first-order valence-corrected chi connectivity index (χ1v) is 11.1. The average Bonchev–Trinajstić information content (AvgIpc) is 2.89. The summed E-state index contributed by atoms with van der Waals surface area (Å²) in [5, 5.41) is 11.0. The Morgan fingerprint density at radius 2 is 1.33 bits per heavy atom. The van der Waals surface area contributed by atoms with Crippen molar-refractivity contribution in [1.29, 1.82) is 0 Å². The van der Waals surface area contributed by atoms with E-state index in [4.69, 9.17) is 13.9 Å². The molecule has 0 atom stereocenters. The van der Waals surface area contributed by atoms with Crippen LogP contribution in [-0.2, 0) is 13.2 Å². The fourth-order valence-corrected chi connectivity index (χ4v) is 3.78. The number of benzene rings is 4. The molecule has 0 saturated carbocycles. The molecule has 0 fully saturated rings. The Morgan fingerprint density at radius 3 is 1.94 bits per heavy atom. The lowest BCUT2D eigenvalue weighted by Gasteiger charge is -2.16. The zero-order chi connectivity index (χ0) is 25.1. The summed E-state index contributed by atoms with van der Waals surface area (Å²) in [6.07, 6.45) is 0. The van der Waals surface area contributed by atoms with Crippen LogP contribution in [0.4, 0.5) is 8.78 Å². The first-order valence-electron chi connectivity index (χ1n) is 11.1. The number of halogens is 2. The van der Waals surface area contributed by atoms with Gasteiger partial charge in [0.1, 0.15) is 35.8 Å². The summed E-state index contributed by atoms with van der Waals surface area (Å²) in [6, 6.07) is 23.5. The third kappa shape index (κ3) is 4.90. The van der Waals surface area contributed by atoms with E-state index in [1.807, 2.05) is 30.3 Å². The second kappa shape index (κ2) is 9.92. The molecule has 0 aliphatic heterocycles. The van der Waals surface area contributed by atoms with Crippen LogP contribution in [0.1, 0.15) is 11.1 Å². The van der Waals surface area contributed by atoms with E-state index in [1.165, 1.54) is 24.3 Å². The van der Waals surface area contributed by atoms with Gasteiger partial charge in [-0.15, -0.1) is 0 Å². The van der Waals surface area contributed by atoms with E-state index in [9.17, 15) is 18.7 Å². The Labute approximate surface area is 204 Å². The van der Waals surface area contributed by atoms with Crippen molar-refractivity contribution < 1.29 is 27.8 Å². The standard InChI is InChI=1S/C29H20F2O5/c30-21-10-6-18(7-11-21)16-34-26-15-24(32)27-25(36-26)14-23(20-4-2-1-3-5-20)29(28(27)33)35-17-19-8-12-22(31)13-9-19/h1-15,33H,16-17H2. The van der Waals surface area contributed by atoms with E-state index < -0.39 is 5.43 Å². The molecule has 1 N–H and O–H groups in total. The van der Waals surface area contributed by atoms with Crippen LogP contribution in [0.15, 0.2) is 100 Å². The summed E-state index contributed by atoms with van der Waals surface area (Å²) in [5.41, 5.74) is 2.20. The topological polar surface area (TPSA) is 68.9 Å². The highest BCUT2D eigenvalue weighted by Crippen LogP contribution is 2.43. The zero-order valence-electron chi connectivity index (χ0n) is 18.9. The van der Waals surface area contributed by atoms with Gasteiger partial charge >= 0.3 is 0 Å². The normalized spacial score (nSPS) is 10.9. The maximum Gasteiger partial charge on any atom is 0.289 e. The highest BCUT2D eigenvalue weighted by molar-refractivity contribution is 5.93. The van der Waals surface area contributed by atoms with Crippen LogP contribution < -0.4 is 14.9 Å². The Balaban J connectivity index is 1.54. The van der Waals surface area contributed by atoms with E-state index >= 15 is 0 Å². The predicted octanol–water partition coefficient (Wildman–Crippen LogP) is 6.60. The quantitative estimate of drug-likeness (QED) is 0.281. The van der Waals surface area contributed by atoms with Crippen molar-refractivity contribution in [3.05, 3.63) is 124 Å². The van der Waals surface area contributed by atoms with Gasteiger partial charge in [0.2, 0.25) is 5.43 Å². The van der Waals surface area contributed by atoms with E-state index in [2.05, 4.69) is 0 Å². The predicted molar refractivity (Wildman–Crippen MR) is 131 cm³/mol. The second-order valence-corrected chi connectivity index (χ2v) is 8.10. The van der Waals surface area contributed by atoms with Gasteiger partial charge in [-0.05, 0) is 47.0 Å². The molecule has 7 heteroatoms. The van der Waals surface area contributed by atoms with Gasteiger partial charge in [-0.25, -0.2) is 8.78 Å². The largest absolute Gasteiger partial charge is 0.504 e. The molecule has 1 aromatic heterocycles. The van der Waals surface area contributed by atoms with E-state index in [0.29, 0.717) is 16.7 Å². The summed E-state index contributed by atoms with van der Waals surface area (Å²) in [7, 11) is 0. The molecule has 0 spiro atoms. The summed E-state index contributed by atoms with van der Waals surface area (Å²) < 4.78 is 43.8. The Kier molecular flexibility index (Phi) is 6.36. The highest BCUT2D eigenvalue weighted by Gasteiger charge is 2.21. The van der Waals surface area contributed by atoms with Crippen LogP contribution in [0.2, 0.25) is 0 Å². The van der Waals surface area contributed by atoms with Gasteiger partial charge in [-0.2, -0.15) is 0 Å². The van der Waals surface area contributed by atoms with Crippen LogP contribution in [-0.4, -0.2) is 5.11 Å². The molecule has 0 amide bonds. The maximum atomic E-state index is 13.3. The molecular weight excluding hydrogens is 466 g/mol. The van der Waals surface area contributed by atoms with Crippen molar-refractivity contribution in [2.75, 3.05) is 0 Å². The lowest BCUT2D eigenvalue weighted by Crippen LogP contribution is -2.05. The van der Waals surface area contributed by atoms with Crippen LogP contribution in [0.3, 0.4) is 0 Å². The minimum atomic E-state index is -0.519. The van der Waals surface area contributed by atoms with Gasteiger partial charge in [0.25, 0.3) is 5.95 Å². The number of ether oxygens (including phenoxy) is 2. The number of hydrogen-bond acceptors (Lipinski definition) is 5. The van der Waals surface area contributed by atoms with Crippen molar-refractivity contribution in [3.63, 3.8) is 0 Å². The van der Waals surface area contributed by atoms with Gasteiger partial charge < -0.3 is 19.0 Å². The molecule has 5 nitrogen and oxygen atoms in total. The molecule has 0 aliphatic rings. The summed E-state index contributed by atoms with van der Waals surface area (Å²) in [5.74, 6) is -1.04. The SMILES string of the molecule is O=c1cc(OCc2ccc(F)cc2)oc2cc(-c3ccccc3)c(OCc3ccc(F)cc3)c(O)c12. The molecule has 36 heavy (non-hydrogen) atoms. The van der Waals surface area contributed by atoms with E-state index in [0.717, 1.165) is 11.6 Å². The summed E-state index contributed by atoms with van der Waals surface area (Å²) in [4.78, 5) is 12.9. The summed E-state index contributed by atoms with van der Waals surface area (Å²) in [6.45, 7) is 0.106. The highest BCUT2D eigenvalue weighted by atomic mass is 19.1. The third-order valence-corrected chi connectivity index (χ3v) is 5.60. The van der Waals surface area contributed by atoms with Crippen LogP contribution >= 0.6 is 0 Å². The van der Waals surface area contributed by atoms with Crippen molar-refractivity contribution >= 4 is 11.0 Å². The molecule has 180 valence electrons. The Hall–Kier alpha value is -4.65. The number of phenolic OH excluding ortho intramolecular Hbond substituents is 1. The van der Waals surface area contributed by atoms with Crippen molar-refractivity contribution in [2.24, 2.45) is 0 Å². The van der Waals surface area contributed by atoms with Crippen LogP contribution in [0, 0.1) is 11.6 Å². The molecule has 0 unspecified atom stereocenters. The monoisotopic (exact) mass is 486 g/mol. The van der Waals surface area contributed by atoms with Crippen molar-refractivity contribution in [2.45, 2.75) is 13.2 Å². The lowest BCUT2D eigenvalue weighted by atomic mass is 10.0. The number of fused-ring (bicyclic) bond motifs is 1. The van der Waals surface area contributed by atoms with Gasteiger partial charge in [0.15, 0.2) is 11.5 Å². The first kappa shape index (κ1) is 23.1. The van der Waals surface area contributed by atoms with Crippen molar-refractivity contribution in [3.8, 4) is 28.6 Å². The molecule has 0 aliphatic carbocycles. The molecule has 1 heterocycles. The minimum Gasteiger partial charge on any atom is -0.504 e. The van der Waals surface area contributed by atoms with E-state index in [-0.39, 0.29) is 53.3 Å². The van der Waals surface area contributed by atoms with Gasteiger partial charge in [-0.1, -0.05) is 54.6 Å². The van der Waals surface area contributed by atoms with Crippen LogP contribution in [0.5, 0.6) is 17.4 Å². The molecule has 5 aromatic rings. The van der Waals surface area contributed by atoms with Crippen LogP contribution in [0.25, 0.3) is 22.1 Å². The molecule has 0 saturated heterocycles. The zero-order valence-corrected chi connectivity index (χ0v) is 18.9. The summed E-state index contributed by atoms with van der Waals surface area (Å²) >= 11 is 0. The van der Waals surface area contributed by atoms with Gasteiger partial charge in [-0.3, -0.25) is 4.79 Å². The average molecular weight is 486 g/mol. The van der Waals surface area contributed by atoms with E-state index in [1.54, 1.807) is 30.3 Å². The van der Waals surface area contributed by atoms with Gasteiger partial charge in [0, 0.05) is 5.56 Å². The number of rotatable bonds is 7. The molecule has 0 radical (unpaired) electrons. The molecular formula is C29H20F2O5. The Morgan fingerprint density at radius 1 is 0.750 bits per heavy atom. The second-order valence-electron chi connectivity index (χ2n) is 8.10. The third-order valence-electron chi connectivity index (χ3n) is 5.60.